The quantitative estimate of drug-likeness (QED) is 0.701. The molecule has 2 aromatic heterocycles. The van der Waals surface area contributed by atoms with Crippen molar-refractivity contribution in [2.75, 3.05) is 31.1 Å². The molecular formula is C22H24N4O. The van der Waals surface area contributed by atoms with Crippen molar-refractivity contribution in [1.29, 1.82) is 0 Å². The Morgan fingerprint density at radius 3 is 2.70 bits per heavy atom. The van der Waals surface area contributed by atoms with Gasteiger partial charge in [0.2, 0.25) is 0 Å². The summed E-state index contributed by atoms with van der Waals surface area (Å²) < 4.78 is 0. The van der Waals surface area contributed by atoms with Crippen molar-refractivity contribution < 1.29 is 4.79 Å². The van der Waals surface area contributed by atoms with Gasteiger partial charge in [-0.1, -0.05) is 18.2 Å². The van der Waals surface area contributed by atoms with Crippen LogP contribution in [0.2, 0.25) is 0 Å². The lowest BCUT2D eigenvalue weighted by Gasteiger charge is -2.23. The molecule has 0 unspecified atom stereocenters. The van der Waals surface area contributed by atoms with Crippen molar-refractivity contribution in [1.82, 2.24) is 14.9 Å². The van der Waals surface area contributed by atoms with E-state index in [0.29, 0.717) is 12.1 Å². The topological polar surface area (TPSA) is 49.3 Å². The zero-order valence-electron chi connectivity index (χ0n) is 15.9. The van der Waals surface area contributed by atoms with Crippen molar-refractivity contribution in [3.05, 3.63) is 65.5 Å². The second-order valence-electron chi connectivity index (χ2n) is 7.20. The molecule has 1 aromatic carbocycles. The highest BCUT2D eigenvalue weighted by Crippen LogP contribution is 2.23. The molecule has 0 N–H and O–H groups in total. The summed E-state index contributed by atoms with van der Waals surface area (Å²) >= 11 is 0. The molecule has 1 amide bonds. The summed E-state index contributed by atoms with van der Waals surface area (Å²) in [4.78, 5) is 26.1. The predicted molar refractivity (Wildman–Crippen MR) is 108 cm³/mol. The van der Waals surface area contributed by atoms with E-state index in [2.05, 4.69) is 35.0 Å². The molecule has 5 heteroatoms. The number of nitrogens with zero attached hydrogens (tertiary/aromatic N) is 4. The second kappa shape index (κ2) is 7.35. The number of aromatic nitrogens is 2. The van der Waals surface area contributed by atoms with Crippen LogP contribution in [0.3, 0.4) is 0 Å². The molecule has 1 aliphatic rings. The van der Waals surface area contributed by atoms with E-state index in [1.54, 1.807) is 12.4 Å². The number of rotatable bonds is 2. The minimum atomic E-state index is 0.0655. The van der Waals surface area contributed by atoms with Gasteiger partial charge in [-0.05, 0) is 49.6 Å². The number of carbonyl (C=O) groups is 1. The number of fused-ring (bicyclic) bond motifs is 1. The molecular weight excluding hydrogens is 336 g/mol. The third kappa shape index (κ3) is 3.63. The SMILES string of the molecule is Cc1cncc(C(=O)N2CCCN(c3cc(C)c4ccccc4n3)CC2)c1. The van der Waals surface area contributed by atoms with E-state index in [4.69, 9.17) is 4.98 Å². The zero-order chi connectivity index (χ0) is 18.8. The first kappa shape index (κ1) is 17.5. The Labute approximate surface area is 159 Å². The van der Waals surface area contributed by atoms with Crippen molar-refractivity contribution in [2.45, 2.75) is 20.3 Å². The number of pyridine rings is 2. The van der Waals surface area contributed by atoms with Gasteiger partial charge >= 0.3 is 0 Å². The van der Waals surface area contributed by atoms with Crippen molar-refractivity contribution in [3.63, 3.8) is 0 Å². The molecule has 3 heterocycles. The Morgan fingerprint density at radius 2 is 1.85 bits per heavy atom. The Morgan fingerprint density at radius 1 is 1.00 bits per heavy atom. The van der Waals surface area contributed by atoms with Gasteiger partial charge in [0.25, 0.3) is 5.91 Å². The summed E-state index contributed by atoms with van der Waals surface area (Å²) in [5, 5.41) is 1.19. The van der Waals surface area contributed by atoms with Gasteiger partial charge < -0.3 is 9.80 Å². The molecule has 4 rings (SSSR count). The van der Waals surface area contributed by atoms with Crippen LogP contribution in [-0.4, -0.2) is 47.0 Å². The molecule has 0 radical (unpaired) electrons. The monoisotopic (exact) mass is 360 g/mol. The maximum atomic E-state index is 12.8. The summed E-state index contributed by atoms with van der Waals surface area (Å²) in [5.41, 5.74) is 3.94. The largest absolute Gasteiger partial charge is 0.355 e. The van der Waals surface area contributed by atoms with E-state index >= 15 is 0 Å². The minimum absolute atomic E-state index is 0.0655. The highest BCUT2D eigenvalue weighted by atomic mass is 16.2. The lowest BCUT2D eigenvalue weighted by Crippen LogP contribution is -2.35. The van der Waals surface area contributed by atoms with Crippen LogP contribution in [0.4, 0.5) is 5.82 Å². The fraction of sp³-hybridized carbons (Fsp3) is 0.318. The van der Waals surface area contributed by atoms with Gasteiger partial charge in [-0.15, -0.1) is 0 Å². The van der Waals surface area contributed by atoms with E-state index in [9.17, 15) is 4.79 Å². The highest BCUT2D eigenvalue weighted by molar-refractivity contribution is 5.94. The van der Waals surface area contributed by atoms with Gasteiger partial charge in [-0.3, -0.25) is 9.78 Å². The Hall–Kier alpha value is -2.95. The molecule has 0 atom stereocenters. The van der Waals surface area contributed by atoms with Gasteiger partial charge in [0, 0.05) is 44.0 Å². The first-order valence-corrected chi connectivity index (χ1v) is 9.44. The zero-order valence-corrected chi connectivity index (χ0v) is 15.9. The Kier molecular flexibility index (Phi) is 4.75. The second-order valence-corrected chi connectivity index (χ2v) is 7.20. The van der Waals surface area contributed by atoms with Gasteiger partial charge in [0.15, 0.2) is 0 Å². The first-order valence-electron chi connectivity index (χ1n) is 9.44. The minimum Gasteiger partial charge on any atom is -0.355 e. The summed E-state index contributed by atoms with van der Waals surface area (Å²) in [7, 11) is 0. The molecule has 0 saturated carbocycles. The molecule has 1 aliphatic heterocycles. The normalized spacial score (nSPS) is 15.0. The number of carbonyl (C=O) groups excluding carboxylic acids is 1. The van der Waals surface area contributed by atoms with Gasteiger partial charge in [0.05, 0.1) is 11.1 Å². The van der Waals surface area contributed by atoms with Crippen molar-refractivity contribution >= 4 is 22.6 Å². The van der Waals surface area contributed by atoms with Crippen LogP contribution in [0, 0.1) is 13.8 Å². The van der Waals surface area contributed by atoms with E-state index in [-0.39, 0.29) is 5.91 Å². The summed E-state index contributed by atoms with van der Waals surface area (Å²) in [6, 6.07) is 12.3. The number of hydrogen-bond donors (Lipinski definition) is 0. The molecule has 27 heavy (non-hydrogen) atoms. The average molecular weight is 360 g/mol. The highest BCUT2D eigenvalue weighted by Gasteiger charge is 2.21. The lowest BCUT2D eigenvalue weighted by molar-refractivity contribution is 0.0766. The third-order valence-electron chi connectivity index (χ3n) is 5.14. The van der Waals surface area contributed by atoms with E-state index in [1.807, 2.05) is 30.0 Å². The van der Waals surface area contributed by atoms with Crippen molar-refractivity contribution in [2.24, 2.45) is 0 Å². The van der Waals surface area contributed by atoms with Gasteiger partial charge in [0.1, 0.15) is 5.82 Å². The van der Waals surface area contributed by atoms with Crippen LogP contribution in [0.15, 0.2) is 48.8 Å². The maximum Gasteiger partial charge on any atom is 0.255 e. The van der Waals surface area contributed by atoms with Gasteiger partial charge in [-0.25, -0.2) is 4.98 Å². The Bertz CT molecular complexity index is 985. The summed E-state index contributed by atoms with van der Waals surface area (Å²) in [5.74, 6) is 1.06. The number of amides is 1. The van der Waals surface area contributed by atoms with Gasteiger partial charge in [-0.2, -0.15) is 0 Å². The Balaban J connectivity index is 1.53. The van der Waals surface area contributed by atoms with Crippen molar-refractivity contribution in [3.8, 4) is 0 Å². The van der Waals surface area contributed by atoms with Crippen LogP contribution in [0.25, 0.3) is 10.9 Å². The van der Waals surface area contributed by atoms with E-state index < -0.39 is 0 Å². The number of para-hydroxylation sites is 1. The smallest absolute Gasteiger partial charge is 0.255 e. The number of anilines is 1. The molecule has 0 bridgehead atoms. The molecule has 3 aromatic rings. The molecule has 1 saturated heterocycles. The number of aryl methyl sites for hydroxylation is 2. The molecule has 0 aliphatic carbocycles. The number of hydrogen-bond acceptors (Lipinski definition) is 4. The van der Waals surface area contributed by atoms with Crippen LogP contribution >= 0.6 is 0 Å². The molecule has 1 fully saturated rings. The first-order chi connectivity index (χ1) is 13.1. The standard InChI is InChI=1S/C22H24N4O/c1-16-12-18(15-23-14-16)22(27)26-9-5-8-25(10-11-26)21-13-17(2)19-6-3-4-7-20(19)24-21/h3-4,6-7,12-15H,5,8-11H2,1-2H3. The van der Waals surface area contributed by atoms with Crippen LogP contribution in [0.1, 0.15) is 27.9 Å². The predicted octanol–water partition coefficient (Wildman–Crippen LogP) is 3.60. The third-order valence-corrected chi connectivity index (χ3v) is 5.14. The maximum absolute atomic E-state index is 12.8. The van der Waals surface area contributed by atoms with Crippen LogP contribution in [-0.2, 0) is 0 Å². The fourth-order valence-corrected chi connectivity index (χ4v) is 3.70. The van der Waals surface area contributed by atoms with E-state index in [0.717, 1.165) is 43.0 Å². The average Bonchev–Trinajstić information content (AvgIpc) is 2.94. The van der Waals surface area contributed by atoms with Crippen LogP contribution in [0.5, 0.6) is 0 Å². The lowest BCUT2D eigenvalue weighted by atomic mass is 10.1. The summed E-state index contributed by atoms with van der Waals surface area (Å²) in [6.45, 7) is 7.24. The van der Waals surface area contributed by atoms with E-state index in [1.165, 1.54) is 10.9 Å². The molecule has 0 spiro atoms. The molecule has 5 nitrogen and oxygen atoms in total. The summed E-state index contributed by atoms with van der Waals surface area (Å²) in [6.07, 6.45) is 4.36. The fourth-order valence-electron chi connectivity index (χ4n) is 3.70. The number of benzene rings is 1. The molecule has 138 valence electrons. The van der Waals surface area contributed by atoms with Crippen LogP contribution < -0.4 is 4.90 Å².